The lowest BCUT2D eigenvalue weighted by Gasteiger charge is -2.42. The van der Waals surface area contributed by atoms with Gasteiger partial charge < -0.3 is 4.90 Å². The van der Waals surface area contributed by atoms with Gasteiger partial charge in [-0.3, -0.25) is 4.79 Å². The Hall–Kier alpha value is -1.31. The van der Waals surface area contributed by atoms with Crippen molar-refractivity contribution in [1.29, 1.82) is 0 Å². The minimum Gasteiger partial charge on any atom is -0.339 e. The molecular formula is C16H23NO. The maximum atomic E-state index is 12.2. The van der Waals surface area contributed by atoms with Gasteiger partial charge >= 0.3 is 0 Å². The lowest BCUT2D eigenvalue weighted by atomic mass is 9.79. The third-order valence-corrected chi connectivity index (χ3v) is 4.08. The molecule has 0 bridgehead atoms. The molecule has 1 heterocycles. The second-order valence-corrected chi connectivity index (χ2v) is 5.43. The van der Waals surface area contributed by atoms with E-state index in [2.05, 4.69) is 56.0 Å². The molecule has 3 atom stereocenters. The van der Waals surface area contributed by atoms with Gasteiger partial charge in [-0.1, -0.05) is 44.2 Å². The number of nitrogens with zero attached hydrogens (tertiary/aromatic N) is 1. The van der Waals surface area contributed by atoms with E-state index in [0.29, 0.717) is 17.9 Å². The number of amides is 1. The van der Waals surface area contributed by atoms with Gasteiger partial charge in [0, 0.05) is 24.4 Å². The Bertz CT molecular complexity index is 401. The molecule has 0 aliphatic carbocycles. The summed E-state index contributed by atoms with van der Waals surface area (Å²) in [5, 5.41) is 0. The Morgan fingerprint density at radius 1 is 1.22 bits per heavy atom. The van der Waals surface area contributed by atoms with Crippen molar-refractivity contribution in [2.45, 2.75) is 45.6 Å². The van der Waals surface area contributed by atoms with Crippen LogP contribution < -0.4 is 0 Å². The van der Waals surface area contributed by atoms with E-state index in [4.69, 9.17) is 0 Å². The molecule has 2 nitrogen and oxygen atoms in total. The molecule has 0 N–H and O–H groups in total. The first-order valence-electron chi connectivity index (χ1n) is 7.00. The molecule has 1 aromatic rings. The first kappa shape index (κ1) is 13.1. The summed E-state index contributed by atoms with van der Waals surface area (Å²) >= 11 is 0. The molecule has 1 aromatic carbocycles. The second-order valence-electron chi connectivity index (χ2n) is 5.43. The van der Waals surface area contributed by atoms with Crippen LogP contribution >= 0.6 is 0 Å². The van der Waals surface area contributed by atoms with Crippen molar-refractivity contribution in [2.24, 2.45) is 5.92 Å². The van der Waals surface area contributed by atoms with Gasteiger partial charge in [0.05, 0.1) is 0 Å². The fraction of sp³-hybridized carbons (Fsp3) is 0.562. The number of carbonyl (C=O) groups is 1. The maximum absolute atomic E-state index is 12.2. The van der Waals surface area contributed by atoms with Crippen LogP contribution in [0.1, 0.15) is 45.1 Å². The SMILES string of the molecule is CCCN1C(=O)[C@@H](C)C[C@@H](c2ccccc2)[C@H]1C. The Kier molecular flexibility index (Phi) is 4.05. The molecular weight excluding hydrogens is 222 g/mol. The number of hydrogen-bond acceptors (Lipinski definition) is 1. The third kappa shape index (κ3) is 2.43. The van der Waals surface area contributed by atoms with Crippen molar-refractivity contribution >= 4 is 5.91 Å². The standard InChI is InChI=1S/C16H23NO/c1-4-10-17-13(3)15(11-12(2)16(17)18)14-8-6-5-7-9-14/h5-9,12-13,15H,4,10-11H2,1-3H3/t12-,13+,15+/m0/s1. The molecule has 0 aromatic heterocycles. The molecule has 1 aliphatic heterocycles. The summed E-state index contributed by atoms with van der Waals surface area (Å²) in [4.78, 5) is 14.3. The van der Waals surface area contributed by atoms with E-state index in [9.17, 15) is 4.79 Å². The van der Waals surface area contributed by atoms with E-state index < -0.39 is 0 Å². The average molecular weight is 245 g/mol. The number of hydrogen-bond donors (Lipinski definition) is 0. The summed E-state index contributed by atoms with van der Waals surface area (Å²) in [6.07, 6.45) is 2.01. The molecule has 18 heavy (non-hydrogen) atoms. The van der Waals surface area contributed by atoms with Crippen LogP contribution in [-0.4, -0.2) is 23.4 Å². The topological polar surface area (TPSA) is 20.3 Å². The van der Waals surface area contributed by atoms with E-state index >= 15 is 0 Å². The number of likely N-dealkylation sites (tertiary alicyclic amines) is 1. The normalized spacial score (nSPS) is 28.5. The highest BCUT2D eigenvalue weighted by atomic mass is 16.2. The van der Waals surface area contributed by atoms with Gasteiger partial charge in [0.15, 0.2) is 0 Å². The maximum Gasteiger partial charge on any atom is 0.225 e. The van der Waals surface area contributed by atoms with E-state index in [1.165, 1.54) is 5.56 Å². The minimum absolute atomic E-state index is 0.151. The van der Waals surface area contributed by atoms with Gasteiger partial charge in [-0.2, -0.15) is 0 Å². The van der Waals surface area contributed by atoms with Crippen LogP contribution in [0, 0.1) is 5.92 Å². The summed E-state index contributed by atoms with van der Waals surface area (Å²) in [6, 6.07) is 10.9. The highest BCUT2D eigenvalue weighted by Crippen LogP contribution is 2.35. The van der Waals surface area contributed by atoms with Gasteiger partial charge in [-0.25, -0.2) is 0 Å². The van der Waals surface area contributed by atoms with Gasteiger partial charge in [0.2, 0.25) is 5.91 Å². The molecule has 0 unspecified atom stereocenters. The molecule has 1 saturated heterocycles. The fourth-order valence-electron chi connectivity index (χ4n) is 3.05. The quantitative estimate of drug-likeness (QED) is 0.799. The van der Waals surface area contributed by atoms with Gasteiger partial charge in [-0.05, 0) is 25.3 Å². The molecule has 1 amide bonds. The first-order chi connectivity index (χ1) is 8.65. The largest absolute Gasteiger partial charge is 0.339 e. The lowest BCUT2D eigenvalue weighted by Crippen LogP contribution is -2.49. The third-order valence-electron chi connectivity index (χ3n) is 4.08. The summed E-state index contributed by atoms with van der Waals surface area (Å²) in [5.41, 5.74) is 1.37. The average Bonchev–Trinajstić information content (AvgIpc) is 2.40. The molecule has 1 fully saturated rings. The molecule has 0 saturated carbocycles. The van der Waals surface area contributed by atoms with Crippen molar-refractivity contribution in [3.05, 3.63) is 35.9 Å². The van der Waals surface area contributed by atoms with E-state index in [1.807, 2.05) is 0 Å². The van der Waals surface area contributed by atoms with Crippen molar-refractivity contribution in [3.63, 3.8) is 0 Å². The van der Waals surface area contributed by atoms with Crippen LogP contribution in [0.15, 0.2) is 30.3 Å². The summed E-state index contributed by atoms with van der Waals surface area (Å²) in [6.45, 7) is 7.27. The zero-order valence-electron chi connectivity index (χ0n) is 11.6. The summed E-state index contributed by atoms with van der Waals surface area (Å²) in [5.74, 6) is 0.958. The van der Waals surface area contributed by atoms with Crippen molar-refractivity contribution in [2.75, 3.05) is 6.54 Å². The molecule has 0 spiro atoms. The smallest absolute Gasteiger partial charge is 0.225 e. The number of piperidine rings is 1. The Balaban J connectivity index is 2.24. The fourth-order valence-corrected chi connectivity index (χ4v) is 3.05. The number of benzene rings is 1. The zero-order valence-corrected chi connectivity index (χ0v) is 11.6. The van der Waals surface area contributed by atoms with Crippen LogP contribution in [0.5, 0.6) is 0 Å². The van der Waals surface area contributed by atoms with E-state index in [1.54, 1.807) is 0 Å². The van der Waals surface area contributed by atoms with Crippen LogP contribution in [0.25, 0.3) is 0 Å². The second kappa shape index (κ2) is 5.55. The highest BCUT2D eigenvalue weighted by molar-refractivity contribution is 5.80. The van der Waals surface area contributed by atoms with E-state index in [0.717, 1.165) is 19.4 Å². The van der Waals surface area contributed by atoms with E-state index in [-0.39, 0.29) is 5.92 Å². The van der Waals surface area contributed by atoms with Gasteiger partial charge in [-0.15, -0.1) is 0 Å². The Labute approximate surface area is 110 Å². The van der Waals surface area contributed by atoms with Crippen LogP contribution in [-0.2, 0) is 4.79 Å². The lowest BCUT2D eigenvalue weighted by molar-refractivity contribution is -0.141. The Morgan fingerprint density at radius 3 is 2.50 bits per heavy atom. The molecule has 1 aliphatic rings. The molecule has 2 heteroatoms. The highest BCUT2D eigenvalue weighted by Gasteiger charge is 2.37. The molecule has 98 valence electrons. The summed E-state index contributed by atoms with van der Waals surface area (Å²) in [7, 11) is 0. The van der Waals surface area contributed by atoms with Crippen LogP contribution in [0.2, 0.25) is 0 Å². The molecule has 2 rings (SSSR count). The van der Waals surface area contributed by atoms with Crippen molar-refractivity contribution in [1.82, 2.24) is 4.90 Å². The molecule has 0 radical (unpaired) electrons. The monoisotopic (exact) mass is 245 g/mol. The number of carbonyl (C=O) groups excluding carboxylic acids is 1. The Morgan fingerprint density at radius 2 is 1.89 bits per heavy atom. The minimum atomic E-state index is 0.151. The van der Waals surface area contributed by atoms with Crippen LogP contribution in [0.4, 0.5) is 0 Å². The zero-order chi connectivity index (χ0) is 13.1. The van der Waals surface area contributed by atoms with Crippen molar-refractivity contribution < 1.29 is 4.79 Å². The van der Waals surface area contributed by atoms with Crippen molar-refractivity contribution in [3.8, 4) is 0 Å². The van der Waals surface area contributed by atoms with Gasteiger partial charge in [0.1, 0.15) is 0 Å². The van der Waals surface area contributed by atoms with Gasteiger partial charge in [0.25, 0.3) is 0 Å². The first-order valence-corrected chi connectivity index (χ1v) is 7.00. The number of rotatable bonds is 3. The summed E-state index contributed by atoms with van der Waals surface area (Å²) < 4.78 is 0. The predicted octanol–water partition coefficient (Wildman–Crippen LogP) is 3.44. The van der Waals surface area contributed by atoms with Crippen LogP contribution in [0.3, 0.4) is 0 Å². The predicted molar refractivity (Wildman–Crippen MR) is 74.4 cm³/mol.